The molecule has 0 aliphatic heterocycles. The minimum atomic E-state index is -0.126. The molecule has 0 fully saturated rings. The number of anilines is 1. The van der Waals surface area contributed by atoms with Gasteiger partial charge in [-0.3, -0.25) is 4.98 Å². The molecule has 27 heavy (non-hydrogen) atoms. The maximum Gasteiger partial charge on any atom is 0.325 e. The molecule has 6 nitrogen and oxygen atoms in total. The number of aromatic nitrogens is 3. The minimum Gasteiger partial charge on any atom is -0.493 e. The predicted octanol–water partition coefficient (Wildman–Crippen LogP) is 4.16. The standard InChI is InChI=1S/C21H18N4O2/c1-25(16-5-3-2-4-6-16)14-15-7-9-17(10-8-15)27-21-23-19-13-22-12-11-18(19)20(26)24-21/h2-13H,14H2,1H3,(H,23,24,26). The molecule has 2 aromatic heterocycles. The number of rotatable bonds is 5. The summed E-state index contributed by atoms with van der Waals surface area (Å²) in [5, 5.41) is 10.6. The highest BCUT2D eigenvalue weighted by Crippen LogP contribution is 2.26. The molecule has 0 saturated carbocycles. The Morgan fingerprint density at radius 1 is 0.963 bits per heavy atom. The summed E-state index contributed by atoms with van der Waals surface area (Å²) in [7, 11) is 2.06. The molecule has 0 atom stereocenters. The van der Waals surface area contributed by atoms with Gasteiger partial charge in [-0.2, -0.15) is 9.97 Å². The molecule has 0 aliphatic carbocycles. The Bertz CT molecular complexity index is 1050. The zero-order valence-electron chi connectivity index (χ0n) is 14.8. The lowest BCUT2D eigenvalue weighted by molar-refractivity contribution is 0.412. The number of pyridine rings is 1. The second kappa shape index (κ2) is 7.29. The van der Waals surface area contributed by atoms with Crippen LogP contribution < -0.4 is 9.64 Å². The molecule has 1 N–H and O–H groups in total. The van der Waals surface area contributed by atoms with Gasteiger partial charge >= 0.3 is 6.01 Å². The number of fused-ring (bicyclic) bond motifs is 1. The van der Waals surface area contributed by atoms with Crippen molar-refractivity contribution in [2.75, 3.05) is 11.9 Å². The van der Waals surface area contributed by atoms with Crippen molar-refractivity contribution in [1.29, 1.82) is 0 Å². The number of para-hydroxylation sites is 1. The van der Waals surface area contributed by atoms with Gasteiger partial charge in [-0.15, -0.1) is 0 Å². The van der Waals surface area contributed by atoms with Crippen LogP contribution in [0, 0.1) is 0 Å². The quantitative estimate of drug-likeness (QED) is 0.578. The molecule has 4 rings (SSSR count). The summed E-state index contributed by atoms with van der Waals surface area (Å²) in [4.78, 5) is 14.4. The highest BCUT2D eigenvalue weighted by atomic mass is 16.5. The number of ether oxygens (including phenoxy) is 1. The molecule has 0 saturated heterocycles. The molecule has 0 amide bonds. The van der Waals surface area contributed by atoms with E-state index in [4.69, 9.17) is 4.74 Å². The van der Waals surface area contributed by atoms with Gasteiger partial charge < -0.3 is 14.7 Å². The van der Waals surface area contributed by atoms with Crippen molar-refractivity contribution in [2.24, 2.45) is 0 Å². The summed E-state index contributed by atoms with van der Waals surface area (Å²) < 4.78 is 5.69. The Kier molecular flexibility index (Phi) is 4.53. The van der Waals surface area contributed by atoms with Crippen molar-refractivity contribution in [3.05, 3.63) is 78.6 Å². The van der Waals surface area contributed by atoms with Crippen LogP contribution in [0.5, 0.6) is 17.6 Å². The first-order chi connectivity index (χ1) is 13.2. The third kappa shape index (κ3) is 3.79. The molecule has 0 unspecified atom stereocenters. The minimum absolute atomic E-state index is 0.0853. The van der Waals surface area contributed by atoms with E-state index in [0.717, 1.165) is 17.8 Å². The van der Waals surface area contributed by atoms with Gasteiger partial charge in [-0.05, 0) is 35.9 Å². The van der Waals surface area contributed by atoms with Gasteiger partial charge in [0.2, 0.25) is 5.88 Å². The van der Waals surface area contributed by atoms with Crippen molar-refractivity contribution in [1.82, 2.24) is 15.0 Å². The normalized spacial score (nSPS) is 10.7. The van der Waals surface area contributed by atoms with Crippen molar-refractivity contribution in [2.45, 2.75) is 6.54 Å². The Balaban J connectivity index is 1.48. The Morgan fingerprint density at radius 2 is 1.74 bits per heavy atom. The molecule has 0 radical (unpaired) electrons. The van der Waals surface area contributed by atoms with Gasteiger partial charge in [0.25, 0.3) is 0 Å². The Hall–Kier alpha value is -3.67. The van der Waals surface area contributed by atoms with E-state index in [2.05, 4.69) is 39.0 Å². The van der Waals surface area contributed by atoms with E-state index < -0.39 is 0 Å². The molecular weight excluding hydrogens is 340 g/mol. The first-order valence-electron chi connectivity index (χ1n) is 8.53. The molecule has 0 aliphatic rings. The summed E-state index contributed by atoms with van der Waals surface area (Å²) in [6.45, 7) is 0.781. The topological polar surface area (TPSA) is 71.4 Å². The fourth-order valence-corrected chi connectivity index (χ4v) is 2.80. The monoisotopic (exact) mass is 358 g/mol. The van der Waals surface area contributed by atoms with E-state index in [1.807, 2.05) is 42.5 Å². The van der Waals surface area contributed by atoms with Crippen LogP contribution in [0.2, 0.25) is 0 Å². The zero-order valence-corrected chi connectivity index (χ0v) is 14.8. The third-order valence-corrected chi connectivity index (χ3v) is 4.21. The smallest absolute Gasteiger partial charge is 0.325 e. The van der Waals surface area contributed by atoms with Crippen LogP contribution in [0.15, 0.2) is 73.1 Å². The highest BCUT2D eigenvalue weighted by molar-refractivity contribution is 5.82. The Morgan fingerprint density at radius 3 is 2.52 bits per heavy atom. The summed E-state index contributed by atoms with van der Waals surface area (Å²) >= 11 is 0. The van der Waals surface area contributed by atoms with Crippen LogP contribution in [0.4, 0.5) is 5.69 Å². The maximum atomic E-state index is 10.0. The molecular formula is C21H18N4O2. The molecule has 2 heterocycles. The Labute approximate surface area is 156 Å². The summed E-state index contributed by atoms with van der Waals surface area (Å²) in [5.74, 6) is 0.474. The average Bonchev–Trinajstić information content (AvgIpc) is 2.70. The van der Waals surface area contributed by atoms with E-state index in [-0.39, 0.29) is 11.9 Å². The second-order valence-electron chi connectivity index (χ2n) is 6.16. The number of aromatic hydroxyl groups is 1. The highest BCUT2D eigenvalue weighted by Gasteiger charge is 2.09. The fraction of sp³-hybridized carbons (Fsp3) is 0.0952. The fourth-order valence-electron chi connectivity index (χ4n) is 2.80. The number of hydrogen-bond donors (Lipinski definition) is 1. The number of nitrogens with zero attached hydrogens (tertiary/aromatic N) is 4. The molecule has 2 aromatic carbocycles. The van der Waals surface area contributed by atoms with Crippen LogP contribution in [-0.4, -0.2) is 27.1 Å². The average molecular weight is 358 g/mol. The second-order valence-corrected chi connectivity index (χ2v) is 6.16. The number of hydrogen-bond acceptors (Lipinski definition) is 6. The lowest BCUT2D eigenvalue weighted by Gasteiger charge is -2.19. The van der Waals surface area contributed by atoms with Crippen LogP contribution in [0.1, 0.15) is 5.56 Å². The van der Waals surface area contributed by atoms with E-state index in [1.165, 1.54) is 0 Å². The van der Waals surface area contributed by atoms with Gasteiger partial charge in [0, 0.05) is 25.5 Å². The molecule has 0 spiro atoms. The predicted molar refractivity (Wildman–Crippen MR) is 104 cm³/mol. The van der Waals surface area contributed by atoms with E-state index in [0.29, 0.717) is 16.7 Å². The van der Waals surface area contributed by atoms with Crippen molar-refractivity contribution >= 4 is 16.6 Å². The van der Waals surface area contributed by atoms with E-state index >= 15 is 0 Å². The van der Waals surface area contributed by atoms with Crippen LogP contribution in [0.25, 0.3) is 10.9 Å². The van der Waals surface area contributed by atoms with E-state index in [1.54, 1.807) is 18.5 Å². The lowest BCUT2D eigenvalue weighted by atomic mass is 10.2. The maximum absolute atomic E-state index is 10.0. The summed E-state index contributed by atoms with van der Waals surface area (Å²) in [6, 6.07) is 19.7. The van der Waals surface area contributed by atoms with Gasteiger partial charge in [-0.1, -0.05) is 30.3 Å². The molecule has 6 heteroatoms. The zero-order chi connectivity index (χ0) is 18.6. The molecule has 0 bridgehead atoms. The number of benzene rings is 2. The van der Waals surface area contributed by atoms with Gasteiger partial charge in [-0.25, -0.2) is 0 Å². The van der Waals surface area contributed by atoms with Crippen LogP contribution in [-0.2, 0) is 6.54 Å². The van der Waals surface area contributed by atoms with Gasteiger partial charge in [0.05, 0.1) is 17.1 Å². The van der Waals surface area contributed by atoms with Crippen molar-refractivity contribution in [3.63, 3.8) is 0 Å². The third-order valence-electron chi connectivity index (χ3n) is 4.21. The van der Waals surface area contributed by atoms with E-state index in [9.17, 15) is 5.11 Å². The first kappa shape index (κ1) is 16.8. The van der Waals surface area contributed by atoms with Crippen molar-refractivity contribution < 1.29 is 9.84 Å². The van der Waals surface area contributed by atoms with Gasteiger partial charge in [0.1, 0.15) is 5.75 Å². The van der Waals surface area contributed by atoms with Crippen LogP contribution in [0.3, 0.4) is 0 Å². The van der Waals surface area contributed by atoms with Gasteiger partial charge in [0.15, 0.2) is 0 Å². The summed E-state index contributed by atoms with van der Waals surface area (Å²) in [5.41, 5.74) is 2.84. The SMILES string of the molecule is CN(Cc1ccc(Oc2nc(O)c3ccncc3n2)cc1)c1ccccc1. The molecule has 134 valence electrons. The van der Waals surface area contributed by atoms with Crippen LogP contribution >= 0.6 is 0 Å². The first-order valence-corrected chi connectivity index (χ1v) is 8.53. The molecule has 4 aromatic rings. The lowest BCUT2D eigenvalue weighted by Crippen LogP contribution is -2.15. The largest absolute Gasteiger partial charge is 0.493 e. The summed E-state index contributed by atoms with van der Waals surface area (Å²) in [6.07, 6.45) is 3.14. The van der Waals surface area contributed by atoms with Crippen molar-refractivity contribution in [3.8, 4) is 17.6 Å².